The van der Waals surface area contributed by atoms with E-state index in [-0.39, 0.29) is 30.1 Å². The number of benzene rings is 1. The maximum Gasteiger partial charge on any atom is 0.191 e. The van der Waals surface area contributed by atoms with E-state index in [0.29, 0.717) is 6.54 Å². The number of guanidine groups is 1. The summed E-state index contributed by atoms with van der Waals surface area (Å²) in [5.41, 5.74) is 2.42. The van der Waals surface area contributed by atoms with Gasteiger partial charge < -0.3 is 20.3 Å². The third-order valence-corrected chi connectivity index (χ3v) is 5.81. The van der Waals surface area contributed by atoms with Gasteiger partial charge >= 0.3 is 0 Å². The van der Waals surface area contributed by atoms with Crippen molar-refractivity contribution in [3.05, 3.63) is 53.7 Å². The van der Waals surface area contributed by atoms with E-state index in [9.17, 15) is 0 Å². The second kappa shape index (κ2) is 10.8. The van der Waals surface area contributed by atoms with Gasteiger partial charge in [-0.25, -0.2) is 4.98 Å². The SMILES string of the molecule is CN=C(NCc1ccc(N2CCC(C)CC2)nc1)NCC1Cc2ccccc2O1.I. The quantitative estimate of drug-likeness (QED) is 0.358. The average Bonchev–Trinajstić information content (AvgIpc) is 3.18. The summed E-state index contributed by atoms with van der Waals surface area (Å²) in [4.78, 5) is 11.4. The van der Waals surface area contributed by atoms with Crippen molar-refractivity contribution < 1.29 is 4.74 Å². The molecule has 1 fully saturated rings. The third-order valence-electron chi connectivity index (χ3n) is 5.81. The zero-order chi connectivity index (χ0) is 20.1. The molecule has 1 aromatic heterocycles. The number of aliphatic imine (C=N–C) groups is 1. The molecule has 1 atom stereocenters. The van der Waals surface area contributed by atoms with E-state index in [0.717, 1.165) is 55.1 Å². The van der Waals surface area contributed by atoms with Gasteiger partial charge in [-0.1, -0.05) is 31.2 Å². The number of hydrogen-bond acceptors (Lipinski definition) is 4. The summed E-state index contributed by atoms with van der Waals surface area (Å²) < 4.78 is 5.98. The molecule has 7 heteroatoms. The molecule has 6 nitrogen and oxygen atoms in total. The number of para-hydroxylation sites is 1. The number of fused-ring (bicyclic) bond motifs is 1. The molecule has 2 aromatic rings. The first-order valence-corrected chi connectivity index (χ1v) is 10.6. The fraction of sp³-hybridized carbons (Fsp3) is 0.478. The van der Waals surface area contributed by atoms with Gasteiger partial charge in [0.2, 0.25) is 0 Å². The number of nitrogens with zero attached hydrogens (tertiary/aromatic N) is 3. The number of halogens is 1. The summed E-state index contributed by atoms with van der Waals surface area (Å²) in [6, 6.07) is 12.5. The van der Waals surface area contributed by atoms with E-state index in [1.165, 1.54) is 18.4 Å². The van der Waals surface area contributed by atoms with Crippen LogP contribution in [-0.2, 0) is 13.0 Å². The molecule has 1 aromatic carbocycles. The van der Waals surface area contributed by atoms with Crippen LogP contribution in [0.1, 0.15) is 30.9 Å². The molecule has 30 heavy (non-hydrogen) atoms. The zero-order valence-corrected chi connectivity index (χ0v) is 20.1. The molecule has 0 aliphatic carbocycles. The highest BCUT2D eigenvalue weighted by Crippen LogP contribution is 2.27. The predicted molar refractivity (Wildman–Crippen MR) is 133 cm³/mol. The number of nitrogens with one attached hydrogen (secondary N) is 2. The summed E-state index contributed by atoms with van der Waals surface area (Å²) in [6.07, 6.45) is 5.54. The largest absolute Gasteiger partial charge is 0.488 e. The Balaban J connectivity index is 0.00000256. The van der Waals surface area contributed by atoms with Crippen molar-refractivity contribution in [2.24, 2.45) is 10.9 Å². The van der Waals surface area contributed by atoms with E-state index in [1.807, 2.05) is 18.3 Å². The van der Waals surface area contributed by atoms with Gasteiger partial charge in [0.05, 0.1) is 6.54 Å². The molecule has 4 rings (SSSR count). The Morgan fingerprint density at radius 2 is 1.97 bits per heavy atom. The molecule has 0 amide bonds. The number of aromatic nitrogens is 1. The van der Waals surface area contributed by atoms with E-state index in [2.05, 4.69) is 56.7 Å². The molecule has 1 saturated heterocycles. The van der Waals surface area contributed by atoms with Crippen LogP contribution in [0.5, 0.6) is 5.75 Å². The highest BCUT2D eigenvalue weighted by atomic mass is 127. The maximum absolute atomic E-state index is 5.98. The van der Waals surface area contributed by atoms with Crippen molar-refractivity contribution in [1.82, 2.24) is 15.6 Å². The van der Waals surface area contributed by atoms with Crippen LogP contribution in [0.15, 0.2) is 47.6 Å². The maximum atomic E-state index is 5.98. The van der Waals surface area contributed by atoms with Gasteiger partial charge in [-0.15, -0.1) is 24.0 Å². The van der Waals surface area contributed by atoms with Crippen LogP contribution in [0.2, 0.25) is 0 Å². The molecule has 0 spiro atoms. The molecule has 0 radical (unpaired) electrons. The van der Waals surface area contributed by atoms with Crippen molar-refractivity contribution in [2.45, 2.75) is 38.8 Å². The summed E-state index contributed by atoms with van der Waals surface area (Å²) >= 11 is 0. The first-order chi connectivity index (χ1) is 14.2. The Morgan fingerprint density at radius 1 is 1.17 bits per heavy atom. The first-order valence-electron chi connectivity index (χ1n) is 10.6. The molecule has 2 N–H and O–H groups in total. The molecule has 2 aliphatic rings. The highest BCUT2D eigenvalue weighted by Gasteiger charge is 2.22. The highest BCUT2D eigenvalue weighted by molar-refractivity contribution is 14.0. The molecule has 2 aliphatic heterocycles. The minimum absolute atomic E-state index is 0. The summed E-state index contributed by atoms with van der Waals surface area (Å²) in [6.45, 7) is 5.96. The van der Waals surface area contributed by atoms with Gasteiger partial charge in [0, 0.05) is 39.3 Å². The topological polar surface area (TPSA) is 61.8 Å². The summed E-state index contributed by atoms with van der Waals surface area (Å²) in [5, 5.41) is 6.73. The van der Waals surface area contributed by atoms with Crippen LogP contribution in [-0.4, -0.2) is 43.7 Å². The minimum atomic E-state index is 0. The molecule has 0 saturated carbocycles. The Kier molecular flexibility index (Phi) is 8.18. The minimum Gasteiger partial charge on any atom is -0.488 e. The molecular weight excluding hydrogens is 489 g/mol. The fourth-order valence-electron chi connectivity index (χ4n) is 3.93. The van der Waals surface area contributed by atoms with E-state index in [1.54, 1.807) is 7.05 Å². The lowest BCUT2D eigenvalue weighted by molar-refractivity contribution is 0.235. The Hall–Kier alpha value is -2.03. The van der Waals surface area contributed by atoms with Crippen molar-refractivity contribution >= 4 is 35.8 Å². The van der Waals surface area contributed by atoms with Gasteiger partial charge in [-0.05, 0) is 42.0 Å². The fourth-order valence-corrected chi connectivity index (χ4v) is 3.93. The van der Waals surface area contributed by atoms with Gasteiger partial charge in [-0.2, -0.15) is 0 Å². The van der Waals surface area contributed by atoms with Crippen molar-refractivity contribution in [3.63, 3.8) is 0 Å². The monoisotopic (exact) mass is 521 g/mol. The van der Waals surface area contributed by atoms with Crippen molar-refractivity contribution in [3.8, 4) is 5.75 Å². The number of anilines is 1. The third kappa shape index (κ3) is 5.77. The second-order valence-electron chi connectivity index (χ2n) is 8.05. The van der Waals surface area contributed by atoms with E-state index >= 15 is 0 Å². The number of rotatable bonds is 5. The summed E-state index contributed by atoms with van der Waals surface area (Å²) in [5.74, 6) is 3.69. The number of ether oxygens (including phenoxy) is 1. The van der Waals surface area contributed by atoms with Crippen LogP contribution in [0.4, 0.5) is 5.82 Å². The van der Waals surface area contributed by atoms with E-state index < -0.39 is 0 Å². The van der Waals surface area contributed by atoms with Crippen LogP contribution in [0.25, 0.3) is 0 Å². The normalized spacial score (nSPS) is 18.9. The van der Waals surface area contributed by atoms with Gasteiger partial charge in [0.25, 0.3) is 0 Å². The molecule has 0 bridgehead atoms. The lowest BCUT2D eigenvalue weighted by Gasteiger charge is -2.31. The molecular formula is C23H32IN5O. The number of hydrogen-bond donors (Lipinski definition) is 2. The van der Waals surface area contributed by atoms with Crippen LogP contribution < -0.4 is 20.3 Å². The van der Waals surface area contributed by atoms with Gasteiger partial charge in [0.15, 0.2) is 5.96 Å². The van der Waals surface area contributed by atoms with E-state index in [4.69, 9.17) is 4.74 Å². The van der Waals surface area contributed by atoms with Crippen molar-refractivity contribution in [1.29, 1.82) is 0 Å². The second-order valence-corrected chi connectivity index (χ2v) is 8.05. The van der Waals surface area contributed by atoms with Crippen molar-refractivity contribution in [2.75, 3.05) is 31.6 Å². The lowest BCUT2D eigenvalue weighted by Crippen LogP contribution is -2.42. The Bertz CT molecular complexity index is 809. The standard InChI is InChI=1S/C23H31N5O.HI/c1-17-9-11-28(12-10-17)22-8-7-18(14-25-22)15-26-23(24-2)27-16-20-13-19-5-3-4-6-21(19)29-20;/h3-8,14,17,20H,9-13,15-16H2,1-2H3,(H2,24,26,27);1H. The Morgan fingerprint density at radius 3 is 2.67 bits per heavy atom. The van der Waals surface area contributed by atoms with Crippen LogP contribution >= 0.6 is 24.0 Å². The van der Waals surface area contributed by atoms with Crippen LogP contribution in [0.3, 0.4) is 0 Å². The first kappa shape index (κ1) is 22.7. The van der Waals surface area contributed by atoms with Crippen LogP contribution in [0, 0.1) is 5.92 Å². The smallest absolute Gasteiger partial charge is 0.191 e. The molecule has 1 unspecified atom stereocenters. The lowest BCUT2D eigenvalue weighted by atomic mass is 9.99. The predicted octanol–water partition coefficient (Wildman–Crippen LogP) is 3.60. The molecule has 3 heterocycles. The number of piperidine rings is 1. The Labute approximate surface area is 196 Å². The molecule has 162 valence electrons. The summed E-state index contributed by atoms with van der Waals surface area (Å²) in [7, 11) is 1.79. The number of pyridine rings is 1. The van der Waals surface area contributed by atoms with Gasteiger partial charge in [0.1, 0.15) is 17.7 Å². The zero-order valence-electron chi connectivity index (χ0n) is 17.8. The van der Waals surface area contributed by atoms with Gasteiger partial charge in [-0.3, -0.25) is 4.99 Å². The average molecular weight is 521 g/mol.